The number of phosphoric acid groups is 2. The summed E-state index contributed by atoms with van der Waals surface area (Å²) in [5.74, 6) is -1.23. The number of nitrogen functional groups attached to an aromatic ring is 2. The molecule has 242 valence electrons. The standard InChI is InChI=1S/C20H25N11O12P2/c21-15-9-16(24-4-23-15)31(29-28-9)19-12(33)14-8(41-19)3-40-45(37,38)42-13-7(1-6(11(13)32)2-39-44(35,36)43-14)30-5-25-10-17(30)26-20(22)27-18(10)34/h4-8,11-14,19,32-33H,1-3H2,(H,35,36)(H,37,38)(H2,21,23,24)(H3,22,26,27,34)/t6-,7-,8-,11?,12?,13?,14?,19-/m1/s1. The van der Waals surface area contributed by atoms with Crippen molar-refractivity contribution in [2.75, 3.05) is 24.7 Å². The van der Waals surface area contributed by atoms with E-state index in [4.69, 9.17) is 34.3 Å². The molecular formula is C20H25N11O12P2. The van der Waals surface area contributed by atoms with E-state index in [-0.39, 0.29) is 40.5 Å². The highest BCUT2D eigenvalue weighted by Crippen LogP contribution is 2.55. The van der Waals surface area contributed by atoms with Crippen LogP contribution < -0.4 is 17.0 Å². The summed E-state index contributed by atoms with van der Waals surface area (Å²) in [5, 5.41) is 30.0. The molecule has 7 rings (SSSR count). The van der Waals surface area contributed by atoms with Crippen LogP contribution in [-0.4, -0.2) is 108 Å². The number of hydrogen-bond acceptors (Lipinski definition) is 18. The lowest BCUT2D eigenvalue weighted by Crippen LogP contribution is -2.36. The van der Waals surface area contributed by atoms with Crippen LogP contribution in [-0.2, 0) is 32.0 Å². The normalized spacial score (nSPS) is 37.7. The lowest BCUT2D eigenvalue weighted by Gasteiger charge is -2.26. The second-order valence-electron chi connectivity index (χ2n) is 10.5. The van der Waals surface area contributed by atoms with Gasteiger partial charge in [-0.15, -0.1) is 5.10 Å². The number of imidazole rings is 1. The zero-order chi connectivity index (χ0) is 31.8. The molecule has 0 amide bonds. The smallest absolute Gasteiger partial charge is 0.390 e. The lowest BCUT2D eigenvalue weighted by atomic mass is 10.1. The van der Waals surface area contributed by atoms with Gasteiger partial charge in [0.15, 0.2) is 34.4 Å². The second kappa shape index (κ2) is 10.8. The number of rotatable bonds is 2. The van der Waals surface area contributed by atoms with Gasteiger partial charge in [0, 0.05) is 5.92 Å². The summed E-state index contributed by atoms with van der Waals surface area (Å²) in [4.78, 5) is 51.9. The number of phosphoric ester groups is 2. The number of aliphatic hydroxyl groups excluding tert-OH is 2. The van der Waals surface area contributed by atoms with E-state index in [1.165, 1.54) is 10.9 Å². The molecule has 3 fully saturated rings. The average molecular weight is 673 g/mol. The maximum absolute atomic E-state index is 13.2. The van der Waals surface area contributed by atoms with Crippen LogP contribution in [0.25, 0.3) is 22.3 Å². The highest BCUT2D eigenvalue weighted by molar-refractivity contribution is 7.47. The number of aromatic amines is 1. The average Bonchev–Trinajstić information content (AvgIpc) is 3.72. The van der Waals surface area contributed by atoms with Gasteiger partial charge >= 0.3 is 15.6 Å². The molecule has 2 aliphatic heterocycles. The largest absolute Gasteiger partial charge is 0.472 e. The summed E-state index contributed by atoms with van der Waals surface area (Å²) in [5.41, 5.74) is 10.9. The van der Waals surface area contributed by atoms with Gasteiger partial charge in [-0.1, -0.05) is 5.21 Å². The van der Waals surface area contributed by atoms with Crippen molar-refractivity contribution in [3.05, 3.63) is 23.0 Å². The maximum atomic E-state index is 13.2. The van der Waals surface area contributed by atoms with Gasteiger partial charge in [-0.25, -0.2) is 24.1 Å². The third kappa shape index (κ3) is 5.30. The fraction of sp³-hybridized carbons (Fsp3) is 0.550. The molecule has 6 unspecified atom stereocenters. The van der Waals surface area contributed by atoms with Gasteiger partial charge < -0.3 is 40.8 Å². The minimum Gasteiger partial charge on any atom is -0.390 e. The fourth-order valence-corrected chi connectivity index (χ4v) is 7.68. The van der Waals surface area contributed by atoms with E-state index in [2.05, 4.69) is 35.2 Å². The predicted molar refractivity (Wildman–Crippen MR) is 144 cm³/mol. The Bertz CT molecular complexity index is 1940. The monoisotopic (exact) mass is 673 g/mol. The number of aromatic nitrogens is 9. The van der Waals surface area contributed by atoms with Crippen molar-refractivity contribution in [2.45, 2.75) is 49.2 Å². The second-order valence-corrected chi connectivity index (χ2v) is 13.3. The van der Waals surface area contributed by atoms with E-state index >= 15 is 0 Å². The molecule has 6 heterocycles. The van der Waals surface area contributed by atoms with Crippen LogP contribution in [0.15, 0.2) is 17.4 Å². The molecule has 45 heavy (non-hydrogen) atoms. The van der Waals surface area contributed by atoms with E-state index in [1.807, 2.05) is 0 Å². The summed E-state index contributed by atoms with van der Waals surface area (Å²) >= 11 is 0. The Morgan fingerprint density at radius 3 is 2.47 bits per heavy atom. The molecule has 23 nitrogen and oxygen atoms in total. The van der Waals surface area contributed by atoms with Gasteiger partial charge in [0.1, 0.15) is 30.7 Å². The van der Waals surface area contributed by atoms with Crippen LogP contribution in [0.4, 0.5) is 11.8 Å². The Morgan fingerprint density at radius 1 is 0.956 bits per heavy atom. The molecule has 1 aliphatic carbocycles. The van der Waals surface area contributed by atoms with Crippen molar-refractivity contribution in [1.82, 2.24) is 44.5 Å². The van der Waals surface area contributed by atoms with Crippen LogP contribution in [0.2, 0.25) is 0 Å². The molecular weight excluding hydrogens is 648 g/mol. The highest BCUT2D eigenvalue weighted by atomic mass is 31.2. The van der Waals surface area contributed by atoms with Gasteiger partial charge in [0.2, 0.25) is 5.95 Å². The van der Waals surface area contributed by atoms with E-state index in [9.17, 15) is 33.9 Å². The molecule has 4 aromatic rings. The van der Waals surface area contributed by atoms with Gasteiger partial charge in [0.05, 0.1) is 31.7 Å². The molecule has 2 saturated heterocycles. The van der Waals surface area contributed by atoms with E-state index < -0.39 is 83.1 Å². The van der Waals surface area contributed by atoms with Crippen molar-refractivity contribution >= 4 is 49.7 Å². The summed E-state index contributed by atoms with van der Waals surface area (Å²) in [6.45, 7) is -1.43. The number of nitrogens with one attached hydrogen (secondary N) is 1. The molecule has 1 saturated carbocycles. The van der Waals surface area contributed by atoms with Crippen LogP contribution in [0.3, 0.4) is 0 Å². The third-order valence-corrected chi connectivity index (χ3v) is 9.72. The first kappa shape index (κ1) is 30.2. The number of nitrogens with zero attached hydrogens (tertiary/aromatic N) is 8. The third-order valence-electron chi connectivity index (χ3n) is 7.75. The van der Waals surface area contributed by atoms with Crippen LogP contribution in [0.1, 0.15) is 18.7 Å². The van der Waals surface area contributed by atoms with Gasteiger partial charge in [-0.3, -0.25) is 27.9 Å². The number of H-pyrrole nitrogens is 1. The zero-order valence-electron chi connectivity index (χ0n) is 22.6. The van der Waals surface area contributed by atoms with Gasteiger partial charge in [-0.05, 0) is 6.42 Å². The zero-order valence-corrected chi connectivity index (χ0v) is 24.4. The Kier molecular flexibility index (Phi) is 7.26. The molecule has 3 aliphatic rings. The number of anilines is 2. The van der Waals surface area contributed by atoms with Crippen molar-refractivity contribution in [3.63, 3.8) is 0 Å². The maximum Gasteiger partial charge on any atom is 0.472 e. The Hall–Kier alpha value is -3.47. The van der Waals surface area contributed by atoms with Crippen molar-refractivity contribution in [3.8, 4) is 0 Å². The fourth-order valence-electron chi connectivity index (χ4n) is 5.70. The first-order valence-electron chi connectivity index (χ1n) is 13.2. The van der Waals surface area contributed by atoms with Crippen LogP contribution in [0.5, 0.6) is 0 Å². The van der Waals surface area contributed by atoms with E-state index in [0.29, 0.717) is 0 Å². The summed E-state index contributed by atoms with van der Waals surface area (Å²) in [6, 6.07) is -1.00. The summed E-state index contributed by atoms with van der Waals surface area (Å²) in [6.07, 6.45) is -7.15. The minimum absolute atomic E-state index is 0.00974. The number of ether oxygens (including phenoxy) is 1. The SMILES string of the molecule is Nc1nc2c(ncn2[C@@H]2C[C@@H]3COP(=O)(O)OC4C(O)[C@H](n5nnc6c(N)ncnc65)O[C@@H]4COP(=O)(O)OC2C3O)c(=O)[nH]1. The van der Waals surface area contributed by atoms with Crippen LogP contribution in [0, 0.1) is 5.92 Å². The number of aliphatic hydroxyl groups is 2. The Morgan fingerprint density at radius 2 is 1.69 bits per heavy atom. The molecule has 10 atom stereocenters. The Labute approximate surface area is 249 Å². The van der Waals surface area contributed by atoms with Crippen LogP contribution >= 0.6 is 15.6 Å². The topological polar surface area (TPSA) is 333 Å². The summed E-state index contributed by atoms with van der Waals surface area (Å²) in [7, 11) is -10.1. The molecule has 0 aromatic carbocycles. The first-order valence-corrected chi connectivity index (χ1v) is 16.2. The van der Waals surface area contributed by atoms with E-state index in [0.717, 1.165) is 11.0 Å². The molecule has 4 aromatic heterocycles. The van der Waals surface area contributed by atoms with Crippen molar-refractivity contribution in [2.24, 2.45) is 5.92 Å². The quantitative estimate of drug-likeness (QED) is 0.110. The highest BCUT2D eigenvalue weighted by Gasteiger charge is 2.53. The number of fused-ring (bicyclic) bond motifs is 5. The van der Waals surface area contributed by atoms with Gasteiger partial charge in [-0.2, -0.15) is 9.67 Å². The Balaban J connectivity index is 1.21. The molecule has 25 heteroatoms. The van der Waals surface area contributed by atoms with Crippen molar-refractivity contribution < 1.29 is 52.0 Å². The first-order chi connectivity index (χ1) is 21.3. The van der Waals surface area contributed by atoms with E-state index in [1.54, 1.807) is 0 Å². The van der Waals surface area contributed by atoms with Crippen molar-refractivity contribution in [1.29, 1.82) is 0 Å². The molecule has 0 radical (unpaired) electrons. The molecule has 0 spiro atoms. The summed E-state index contributed by atoms with van der Waals surface area (Å²) < 4.78 is 55.6. The molecule has 9 N–H and O–H groups in total. The molecule has 2 bridgehead atoms. The predicted octanol–water partition coefficient (Wildman–Crippen LogP) is -2.28. The lowest BCUT2D eigenvalue weighted by molar-refractivity contribution is -0.0608. The number of nitrogens with two attached hydrogens (primary N) is 2. The van der Waals surface area contributed by atoms with Gasteiger partial charge in [0.25, 0.3) is 5.56 Å². The minimum atomic E-state index is -5.05. The number of hydrogen-bond donors (Lipinski definition) is 7.